The largest absolute Gasteiger partial charge is 0.465 e. The van der Waals surface area contributed by atoms with Crippen LogP contribution >= 0.6 is 0 Å². The summed E-state index contributed by atoms with van der Waals surface area (Å²) in [6.07, 6.45) is -1.04. The lowest BCUT2D eigenvalue weighted by Crippen LogP contribution is -2.61. The Morgan fingerprint density at radius 1 is 1.50 bits per heavy atom. The molecule has 0 spiro atoms. The minimum absolute atomic E-state index is 0.123. The van der Waals surface area contributed by atoms with E-state index in [9.17, 15) is 9.59 Å². The first kappa shape index (κ1) is 14.3. The Kier molecular flexibility index (Phi) is 4.21. The van der Waals surface area contributed by atoms with E-state index in [-0.39, 0.29) is 13.2 Å². The van der Waals surface area contributed by atoms with Crippen LogP contribution in [0.3, 0.4) is 0 Å². The summed E-state index contributed by atoms with van der Waals surface area (Å²) in [5.74, 6) is -0.584. The van der Waals surface area contributed by atoms with Crippen LogP contribution in [0.4, 0.5) is 4.79 Å². The van der Waals surface area contributed by atoms with Crippen molar-refractivity contribution in [3.63, 3.8) is 0 Å². The Labute approximate surface area is 105 Å². The number of nitrogens with zero attached hydrogens (tertiary/aromatic N) is 3. The second-order valence-electron chi connectivity index (χ2n) is 5.23. The van der Waals surface area contributed by atoms with Crippen molar-refractivity contribution in [3.05, 3.63) is 5.53 Å². The zero-order chi connectivity index (χ0) is 13.9. The van der Waals surface area contributed by atoms with Crippen molar-refractivity contribution >= 4 is 18.1 Å². The van der Waals surface area contributed by atoms with Crippen LogP contribution in [0, 0.1) is 5.41 Å². The third-order valence-corrected chi connectivity index (χ3v) is 2.83. The van der Waals surface area contributed by atoms with Gasteiger partial charge in [0, 0.05) is 6.54 Å². The second kappa shape index (κ2) is 5.29. The smallest absolute Gasteiger partial charge is 0.408 e. The number of carboxylic acid groups (broad SMARTS) is 1. The molecular weight excluding hydrogens is 238 g/mol. The number of hydrogen-bond donors (Lipinski definition) is 1. The fourth-order valence-corrected chi connectivity index (χ4v) is 2.05. The molecule has 1 unspecified atom stereocenters. The van der Waals surface area contributed by atoms with Gasteiger partial charge in [-0.1, -0.05) is 20.8 Å². The quantitative estimate of drug-likeness (QED) is 0.444. The van der Waals surface area contributed by atoms with Gasteiger partial charge in [-0.25, -0.2) is 4.79 Å². The van der Waals surface area contributed by atoms with Crippen molar-refractivity contribution in [2.75, 3.05) is 13.2 Å². The molecule has 1 N–H and O–H groups in total. The zero-order valence-electron chi connectivity index (χ0n) is 10.7. The molecule has 7 nitrogen and oxygen atoms in total. The molecule has 1 aliphatic heterocycles. The summed E-state index contributed by atoms with van der Waals surface area (Å²) >= 11 is 0. The maximum absolute atomic E-state index is 11.9. The Hall–Kier alpha value is -1.72. The maximum atomic E-state index is 11.9. The van der Waals surface area contributed by atoms with Crippen LogP contribution in [0.2, 0.25) is 0 Å². The Morgan fingerprint density at radius 2 is 2.11 bits per heavy atom. The number of carbonyl (C=O) groups excluding carboxylic acids is 1. The summed E-state index contributed by atoms with van der Waals surface area (Å²) in [6, 6.07) is -0.979. The molecule has 0 radical (unpaired) electrons. The average molecular weight is 255 g/mol. The molecule has 7 heteroatoms. The summed E-state index contributed by atoms with van der Waals surface area (Å²) in [4.78, 5) is 26.7. The van der Waals surface area contributed by atoms with Gasteiger partial charge >= 0.3 is 12.3 Å². The van der Waals surface area contributed by atoms with E-state index < -0.39 is 29.4 Å². The van der Waals surface area contributed by atoms with Crippen LogP contribution in [0.25, 0.3) is 5.53 Å². The highest BCUT2D eigenvalue weighted by molar-refractivity contribution is 6.28. The van der Waals surface area contributed by atoms with E-state index in [1.807, 2.05) is 20.8 Å². The van der Waals surface area contributed by atoms with Crippen LogP contribution in [0.15, 0.2) is 0 Å². The minimum atomic E-state index is -1.18. The van der Waals surface area contributed by atoms with Gasteiger partial charge in [0.1, 0.15) is 6.04 Å². The van der Waals surface area contributed by atoms with Crippen LogP contribution < -0.4 is 0 Å². The number of carbonyl (C=O) groups is 2. The standard InChI is InChI=1S/C11H17N3O4/c1-11(2,3)9-8(7(15)6-13-12)14(10(16)17)4-5-18-9/h6,8-9H,4-5H2,1-3H3,(H,16,17)/t8?,9-/m0/s1. The summed E-state index contributed by atoms with van der Waals surface area (Å²) in [5.41, 5.74) is 8.02. The van der Waals surface area contributed by atoms with Crippen molar-refractivity contribution < 1.29 is 24.2 Å². The monoisotopic (exact) mass is 255 g/mol. The van der Waals surface area contributed by atoms with E-state index in [1.54, 1.807) is 0 Å². The third kappa shape index (κ3) is 2.94. The number of Topliss-reactive ketones (excluding diaryl/α,β-unsaturated/α-hetero) is 1. The predicted octanol–water partition coefficient (Wildman–Crippen LogP) is 0.650. The SMILES string of the molecule is CC(C)(C)[C@H]1OCCN(C(=O)O)C1C(=O)C=[N+]=[N-]. The van der Waals surface area contributed by atoms with E-state index in [0.29, 0.717) is 6.21 Å². The van der Waals surface area contributed by atoms with E-state index in [1.165, 1.54) is 0 Å². The number of morpholine rings is 1. The van der Waals surface area contributed by atoms with Gasteiger partial charge in [0.15, 0.2) is 0 Å². The van der Waals surface area contributed by atoms with E-state index in [2.05, 4.69) is 4.79 Å². The molecule has 2 atom stereocenters. The third-order valence-electron chi connectivity index (χ3n) is 2.83. The molecule has 0 aromatic heterocycles. The first-order chi connectivity index (χ1) is 8.29. The zero-order valence-corrected chi connectivity index (χ0v) is 10.7. The number of ketones is 1. The van der Waals surface area contributed by atoms with Crippen LogP contribution in [-0.2, 0) is 9.53 Å². The van der Waals surface area contributed by atoms with Gasteiger partial charge in [0.05, 0.1) is 12.7 Å². The molecule has 0 aromatic carbocycles. The van der Waals surface area contributed by atoms with Gasteiger partial charge in [-0.05, 0) is 5.41 Å². The fraction of sp³-hybridized carbons (Fsp3) is 0.727. The van der Waals surface area contributed by atoms with Gasteiger partial charge in [0.2, 0.25) is 0 Å². The molecule has 0 aromatic rings. The first-order valence-electron chi connectivity index (χ1n) is 5.61. The Balaban J connectivity index is 3.13. The van der Waals surface area contributed by atoms with E-state index >= 15 is 0 Å². The topological polar surface area (TPSA) is 103 Å². The molecule has 0 saturated carbocycles. The highest BCUT2D eigenvalue weighted by Gasteiger charge is 2.46. The maximum Gasteiger partial charge on any atom is 0.408 e. The van der Waals surface area contributed by atoms with Crippen LogP contribution in [0.5, 0.6) is 0 Å². The molecule has 1 amide bonds. The van der Waals surface area contributed by atoms with Crippen molar-refractivity contribution in [3.8, 4) is 0 Å². The molecule has 0 aliphatic carbocycles. The van der Waals surface area contributed by atoms with Crippen LogP contribution in [0.1, 0.15) is 20.8 Å². The predicted molar refractivity (Wildman–Crippen MR) is 62.4 cm³/mol. The normalized spacial score (nSPS) is 24.3. The first-order valence-corrected chi connectivity index (χ1v) is 5.61. The molecule has 100 valence electrons. The highest BCUT2D eigenvalue weighted by atomic mass is 16.5. The molecule has 1 aliphatic rings. The Bertz CT molecular complexity index is 396. The van der Waals surface area contributed by atoms with Gasteiger partial charge in [-0.3, -0.25) is 9.69 Å². The Morgan fingerprint density at radius 3 is 2.56 bits per heavy atom. The molecular formula is C11H17N3O4. The van der Waals surface area contributed by atoms with Gasteiger partial charge in [0.25, 0.3) is 5.78 Å². The number of ether oxygens (including phenoxy) is 1. The van der Waals surface area contributed by atoms with Gasteiger partial charge < -0.3 is 15.4 Å². The van der Waals surface area contributed by atoms with Gasteiger partial charge in [-0.15, -0.1) is 0 Å². The fourth-order valence-electron chi connectivity index (χ4n) is 2.05. The summed E-state index contributed by atoms with van der Waals surface area (Å²) in [6.45, 7) is 5.95. The number of hydrogen-bond acceptors (Lipinski definition) is 3. The summed E-state index contributed by atoms with van der Waals surface area (Å²) in [5, 5.41) is 9.12. The highest BCUT2D eigenvalue weighted by Crippen LogP contribution is 2.30. The van der Waals surface area contributed by atoms with Gasteiger partial charge in [-0.2, -0.15) is 4.79 Å². The van der Waals surface area contributed by atoms with Crippen molar-refractivity contribution in [1.82, 2.24) is 4.90 Å². The number of amides is 1. The molecule has 1 saturated heterocycles. The van der Waals surface area contributed by atoms with E-state index in [0.717, 1.165) is 4.90 Å². The van der Waals surface area contributed by atoms with Crippen LogP contribution in [-0.4, -0.2) is 58.2 Å². The van der Waals surface area contributed by atoms with E-state index in [4.69, 9.17) is 15.4 Å². The number of rotatable bonds is 2. The van der Waals surface area contributed by atoms with Crippen molar-refractivity contribution in [1.29, 1.82) is 0 Å². The lowest BCUT2D eigenvalue weighted by Gasteiger charge is -2.43. The second-order valence-corrected chi connectivity index (χ2v) is 5.23. The summed E-state index contributed by atoms with van der Waals surface area (Å²) in [7, 11) is 0. The lowest BCUT2D eigenvalue weighted by molar-refractivity contribution is -0.142. The summed E-state index contributed by atoms with van der Waals surface area (Å²) < 4.78 is 5.53. The van der Waals surface area contributed by atoms with Crippen molar-refractivity contribution in [2.45, 2.75) is 32.9 Å². The molecule has 18 heavy (non-hydrogen) atoms. The average Bonchev–Trinajstić information content (AvgIpc) is 2.27. The molecule has 1 heterocycles. The lowest BCUT2D eigenvalue weighted by atomic mass is 9.82. The molecule has 0 bridgehead atoms. The molecule has 1 fully saturated rings. The minimum Gasteiger partial charge on any atom is -0.465 e. The molecule has 1 rings (SSSR count). The van der Waals surface area contributed by atoms with Crippen molar-refractivity contribution in [2.24, 2.45) is 5.41 Å².